The third-order valence-electron chi connectivity index (χ3n) is 1.75. The predicted octanol–water partition coefficient (Wildman–Crippen LogP) is 1.31. The van der Waals surface area contributed by atoms with Crippen LogP contribution in [0.1, 0.15) is 6.92 Å². The molecule has 56 valence electrons. The van der Waals surface area contributed by atoms with Gasteiger partial charge in [0.2, 0.25) is 0 Å². The Morgan fingerprint density at radius 1 is 1.44 bits per heavy atom. The standard InChI is InChI=1S/C6H14O2S/c1-2-9(7)5-3-8-4-6-9/h7H,2-6H2,1H3. The number of rotatable bonds is 1. The van der Waals surface area contributed by atoms with Crippen molar-refractivity contribution < 1.29 is 9.29 Å². The Morgan fingerprint density at radius 2 is 2.00 bits per heavy atom. The third-order valence-corrected chi connectivity index (χ3v) is 4.68. The lowest BCUT2D eigenvalue weighted by molar-refractivity contribution is 0.156. The second kappa shape index (κ2) is 2.90. The molecule has 0 radical (unpaired) electrons. The molecule has 9 heavy (non-hydrogen) atoms. The summed E-state index contributed by atoms with van der Waals surface area (Å²) in [5, 5.41) is 0. The van der Waals surface area contributed by atoms with Gasteiger partial charge in [0.05, 0.1) is 13.2 Å². The van der Waals surface area contributed by atoms with Crippen LogP contribution in [0.25, 0.3) is 0 Å². The van der Waals surface area contributed by atoms with Crippen LogP contribution in [0.15, 0.2) is 0 Å². The molecule has 2 nitrogen and oxygen atoms in total. The fourth-order valence-corrected chi connectivity index (χ4v) is 2.56. The predicted molar refractivity (Wildman–Crippen MR) is 41.3 cm³/mol. The molecule has 1 aliphatic rings. The van der Waals surface area contributed by atoms with Crippen molar-refractivity contribution in [3.05, 3.63) is 0 Å². The summed E-state index contributed by atoms with van der Waals surface area (Å²) in [6.45, 7) is 3.58. The summed E-state index contributed by atoms with van der Waals surface area (Å²) in [4.78, 5) is 0. The van der Waals surface area contributed by atoms with Crippen molar-refractivity contribution in [2.75, 3.05) is 30.5 Å². The number of ether oxygens (including phenoxy) is 1. The zero-order valence-electron chi connectivity index (χ0n) is 5.80. The van der Waals surface area contributed by atoms with E-state index in [-0.39, 0.29) is 0 Å². The molecule has 1 rings (SSSR count). The lowest BCUT2D eigenvalue weighted by Crippen LogP contribution is -2.24. The largest absolute Gasteiger partial charge is 0.380 e. The minimum absolute atomic E-state index is 0.764. The Balaban J connectivity index is 2.37. The Bertz CT molecular complexity index is 89.1. The van der Waals surface area contributed by atoms with Crippen LogP contribution < -0.4 is 0 Å². The molecule has 0 amide bonds. The molecule has 1 aliphatic heterocycles. The SMILES string of the molecule is CCS1(O)CCOCC1. The Hall–Kier alpha value is 0.270. The van der Waals surface area contributed by atoms with Crippen LogP contribution in [-0.4, -0.2) is 35.0 Å². The van der Waals surface area contributed by atoms with E-state index in [1.165, 1.54) is 0 Å². The summed E-state index contributed by atoms with van der Waals surface area (Å²) in [7, 11) is -1.20. The van der Waals surface area contributed by atoms with Gasteiger partial charge >= 0.3 is 0 Å². The van der Waals surface area contributed by atoms with E-state index in [0.717, 1.165) is 30.5 Å². The van der Waals surface area contributed by atoms with Gasteiger partial charge in [-0.3, -0.25) is 0 Å². The highest BCUT2D eigenvalue weighted by Gasteiger charge is 2.21. The first-order valence-corrected chi connectivity index (χ1v) is 5.43. The van der Waals surface area contributed by atoms with E-state index in [4.69, 9.17) is 4.74 Å². The molecule has 0 aromatic rings. The van der Waals surface area contributed by atoms with Gasteiger partial charge in [-0.1, -0.05) is 6.92 Å². The van der Waals surface area contributed by atoms with Crippen molar-refractivity contribution in [1.82, 2.24) is 0 Å². The van der Waals surface area contributed by atoms with E-state index in [1.807, 2.05) is 0 Å². The topological polar surface area (TPSA) is 29.5 Å². The smallest absolute Gasteiger partial charge is 0.0562 e. The van der Waals surface area contributed by atoms with Crippen molar-refractivity contribution in [3.8, 4) is 0 Å². The van der Waals surface area contributed by atoms with Crippen LogP contribution in [0.2, 0.25) is 0 Å². The van der Waals surface area contributed by atoms with Crippen molar-refractivity contribution in [2.45, 2.75) is 6.92 Å². The van der Waals surface area contributed by atoms with E-state index in [9.17, 15) is 4.55 Å². The van der Waals surface area contributed by atoms with E-state index in [2.05, 4.69) is 6.92 Å². The monoisotopic (exact) mass is 150 g/mol. The quantitative estimate of drug-likeness (QED) is 0.610. The Labute approximate surface area is 57.7 Å². The van der Waals surface area contributed by atoms with Crippen molar-refractivity contribution in [2.24, 2.45) is 0 Å². The fraction of sp³-hybridized carbons (Fsp3) is 1.00. The van der Waals surface area contributed by atoms with Crippen LogP contribution in [0.3, 0.4) is 0 Å². The van der Waals surface area contributed by atoms with E-state index < -0.39 is 10.3 Å². The van der Waals surface area contributed by atoms with Gasteiger partial charge in [-0.15, -0.1) is 10.3 Å². The molecule has 0 unspecified atom stereocenters. The summed E-state index contributed by atoms with van der Waals surface area (Å²) in [6.07, 6.45) is 0. The minimum Gasteiger partial charge on any atom is -0.380 e. The van der Waals surface area contributed by atoms with Crippen molar-refractivity contribution in [1.29, 1.82) is 0 Å². The first-order chi connectivity index (χ1) is 4.27. The van der Waals surface area contributed by atoms with Gasteiger partial charge in [-0.25, -0.2) is 0 Å². The molecule has 0 aromatic heterocycles. The van der Waals surface area contributed by atoms with Crippen molar-refractivity contribution in [3.63, 3.8) is 0 Å². The van der Waals surface area contributed by atoms with Crippen molar-refractivity contribution >= 4 is 10.3 Å². The van der Waals surface area contributed by atoms with E-state index >= 15 is 0 Å². The molecule has 0 bridgehead atoms. The lowest BCUT2D eigenvalue weighted by atomic mass is 10.8. The number of hydrogen-bond acceptors (Lipinski definition) is 2. The maximum absolute atomic E-state index is 9.68. The zero-order chi connectivity index (χ0) is 6.74. The van der Waals surface area contributed by atoms with Crippen LogP contribution in [-0.2, 0) is 4.74 Å². The van der Waals surface area contributed by atoms with Gasteiger partial charge in [0, 0.05) is 11.5 Å². The summed E-state index contributed by atoms with van der Waals surface area (Å²) in [5.74, 6) is 2.73. The normalized spacial score (nSPS) is 29.6. The summed E-state index contributed by atoms with van der Waals surface area (Å²) < 4.78 is 14.8. The molecule has 0 spiro atoms. The highest BCUT2D eigenvalue weighted by Crippen LogP contribution is 2.43. The maximum atomic E-state index is 9.68. The molecular formula is C6H14O2S. The average Bonchev–Trinajstić information content (AvgIpc) is 1.90. The minimum atomic E-state index is -1.20. The Morgan fingerprint density at radius 3 is 2.33 bits per heavy atom. The molecule has 1 N–H and O–H groups in total. The molecule has 1 heterocycles. The van der Waals surface area contributed by atoms with Gasteiger partial charge in [0.1, 0.15) is 0 Å². The molecular weight excluding hydrogens is 136 g/mol. The molecule has 0 aromatic carbocycles. The molecule has 0 saturated carbocycles. The fourth-order valence-electron chi connectivity index (χ4n) is 0.921. The maximum Gasteiger partial charge on any atom is 0.0562 e. The first-order valence-electron chi connectivity index (χ1n) is 3.33. The van der Waals surface area contributed by atoms with Gasteiger partial charge in [-0.2, -0.15) is 0 Å². The molecule has 0 atom stereocenters. The molecule has 0 aliphatic carbocycles. The average molecular weight is 150 g/mol. The first kappa shape index (κ1) is 7.38. The number of hydrogen-bond donors (Lipinski definition) is 1. The highest BCUT2D eigenvalue weighted by atomic mass is 32.3. The Kier molecular flexibility index (Phi) is 2.38. The van der Waals surface area contributed by atoms with Crippen LogP contribution in [0.5, 0.6) is 0 Å². The van der Waals surface area contributed by atoms with Crippen LogP contribution >= 0.6 is 10.3 Å². The van der Waals surface area contributed by atoms with Gasteiger partial charge in [0.25, 0.3) is 0 Å². The summed E-state index contributed by atoms with van der Waals surface area (Å²) in [5.41, 5.74) is 0. The van der Waals surface area contributed by atoms with Crippen LogP contribution in [0, 0.1) is 0 Å². The second-order valence-corrected chi connectivity index (χ2v) is 5.70. The van der Waals surface area contributed by atoms with Gasteiger partial charge in [0.15, 0.2) is 0 Å². The third kappa shape index (κ3) is 1.85. The van der Waals surface area contributed by atoms with Crippen LogP contribution in [0.4, 0.5) is 0 Å². The summed E-state index contributed by atoms with van der Waals surface area (Å²) in [6, 6.07) is 0. The lowest BCUT2D eigenvalue weighted by Gasteiger charge is -2.36. The second-order valence-electron chi connectivity index (χ2n) is 2.31. The molecule has 3 heteroatoms. The molecule has 1 fully saturated rings. The van der Waals surface area contributed by atoms with E-state index in [0.29, 0.717) is 0 Å². The van der Waals surface area contributed by atoms with E-state index in [1.54, 1.807) is 0 Å². The van der Waals surface area contributed by atoms with Gasteiger partial charge < -0.3 is 9.29 Å². The summed E-state index contributed by atoms with van der Waals surface area (Å²) >= 11 is 0. The van der Waals surface area contributed by atoms with Gasteiger partial charge in [-0.05, 0) is 5.75 Å². The zero-order valence-corrected chi connectivity index (χ0v) is 6.62. The molecule has 1 saturated heterocycles. The highest BCUT2D eigenvalue weighted by molar-refractivity contribution is 8.29.